The first-order valence-corrected chi connectivity index (χ1v) is 10.5. The van der Waals surface area contributed by atoms with Gasteiger partial charge < -0.3 is 15.5 Å². The second-order valence-corrected chi connectivity index (χ2v) is 9.10. The number of hydrogen-bond donors (Lipinski definition) is 3. The Labute approximate surface area is 182 Å². The van der Waals surface area contributed by atoms with Crippen LogP contribution in [0.5, 0.6) is 0 Å². The first-order valence-electron chi connectivity index (χ1n) is 10.5. The maximum Gasteiger partial charge on any atom is 0.322 e. The standard InChI is InChI=1S/C24H28N4O3/c1-23(2)15-28(12-11-17-8-4-5-10-19(17)23)22(31)25-14-16-7-6-9-18(13-16)24(3)20(29)26-21(30)27-24/h4-10,13H,11-12,14-15H2,1-3H3,(H,25,31)(H2,26,27,29,30). The van der Waals surface area contributed by atoms with Crippen molar-refractivity contribution in [2.45, 2.75) is 44.7 Å². The lowest BCUT2D eigenvalue weighted by Gasteiger charge is -2.31. The zero-order valence-corrected chi connectivity index (χ0v) is 18.1. The molecule has 3 N–H and O–H groups in total. The van der Waals surface area contributed by atoms with E-state index in [1.165, 1.54) is 11.1 Å². The summed E-state index contributed by atoms with van der Waals surface area (Å²) in [6.45, 7) is 7.64. The highest BCUT2D eigenvalue weighted by atomic mass is 16.2. The van der Waals surface area contributed by atoms with E-state index in [0.29, 0.717) is 25.2 Å². The van der Waals surface area contributed by atoms with Gasteiger partial charge in [-0.05, 0) is 35.6 Å². The SMILES string of the molecule is CC1(C)CN(C(=O)NCc2cccc(C3(C)NC(=O)NC3=O)c2)CCc2ccccc21. The van der Waals surface area contributed by atoms with E-state index < -0.39 is 11.6 Å². The van der Waals surface area contributed by atoms with E-state index in [9.17, 15) is 14.4 Å². The number of hydrogen-bond acceptors (Lipinski definition) is 3. The summed E-state index contributed by atoms with van der Waals surface area (Å²) in [4.78, 5) is 38.6. The van der Waals surface area contributed by atoms with E-state index in [2.05, 4.69) is 48.0 Å². The largest absolute Gasteiger partial charge is 0.334 e. The van der Waals surface area contributed by atoms with Crippen molar-refractivity contribution in [2.24, 2.45) is 0 Å². The van der Waals surface area contributed by atoms with Crippen molar-refractivity contribution in [3.8, 4) is 0 Å². The van der Waals surface area contributed by atoms with Gasteiger partial charge in [0.25, 0.3) is 5.91 Å². The first kappa shape index (κ1) is 20.9. The fraction of sp³-hybridized carbons (Fsp3) is 0.375. The smallest absolute Gasteiger partial charge is 0.322 e. The Morgan fingerprint density at radius 1 is 1.10 bits per heavy atom. The maximum absolute atomic E-state index is 13.0. The molecule has 4 rings (SSSR count). The molecule has 7 heteroatoms. The summed E-state index contributed by atoms with van der Waals surface area (Å²) in [5.41, 5.74) is 2.88. The van der Waals surface area contributed by atoms with Gasteiger partial charge in [0.05, 0.1) is 0 Å². The van der Waals surface area contributed by atoms with Gasteiger partial charge in [-0.1, -0.05) is 62.4 Å². The summed E-state index contributed by atoms with van der Waals surface area (Å²) in [7, 11) is 0. The molecule has 1 unspecified atom stereocenters. The fourth-order valence-electron chi connectivity index (χ4n) is 4.50. The monoisotopic (exact) mass is 420 g/mol. The number of carbonyl (C=O) groups excluding carboxylic acids is 3. The van der Waals surface area contributed by atoms with E-state index in [1.807, 2.05) is 29.2 Å². The Morgan fingerprint density at radius 3 is 2.61 bits per heavy atom. The number of rotatable bonds is 3. The van der Waals surface area contributed by atoms with E-state index in [-0.39, 0.29) is 17.4 Å². The molecule has 162 valence electrons. The molecule has 7 nitrogen and oxygen atoms in total. The Morgan fingerprint density at radius 2 is 1.87 bits per heavy atom. The third kappa shape index (κ3) is 4.00. The maximum atomic E-state index is 13.0. The first-order chi connectivity index (χ1) is 14.7. The molecule has 2 aliphatic rings. The number of nitrogens with zero attached hydrogens (tertiary/aromatic N) is 1. The Bertz CT molecular complexity index is 1050. The van der Waals surface area contributed by atoms with E-state index in [1.54, 1.807) is 13.0 Å². The third-order valence-corrected chi connectivity index (χ3v) is 6.26. The van der Waals surface area contributed by atoms with Crippen LogP contribution in [-0.2, 0) is 28.7 Å². The molecule has 2 aromatic carbocycles. The van der Waals surface area contributed by atoms with E-state index >= 15 is 0 Å². The van der Waals surface area contributed by atoms with Crippen molar-refractivity contribution in [3.63, 3.8) is 0 Å². The average Bonchev–Trinajstić information content (AvgIpc) is 2.93. The van der Waals surface area contributed by atoms with Crippen LogP contribution in [0.1, 0.15) is 43.0 Å². The molecule has 31 heavy (non-hydrogen) atoms. The molecule has 1 saturated heterocycles. The van der Waals surface area contributed by atoms with Gasteiger partial charge in [-0.25, -0.2) is 9.59 Å². The molecular weight excluding hydrogens is 392 g/mol. The van der Waals surface area contributed by atoms with Crippen molar-refractivity contribution >= 4 is 18.0 Å². The van der Waals surface area contributed by atoms with Gasteiger partial charge in [-0.2, -0.15) is 0 Å². The summed E-state index contributed by atoms with van der Waals surface area (Å²) in [5.74, 6) is -0.384. The summed E-state index contributed by atoms with van der Waals surface area (Å²) in [6.07, 6.45) is 0.829. The summed E-state index contributed by atoms with van der Waals surface area (Å²) in [5, 5.41) is 7.95. The number of imide groups is 1. The van der Waals surface area contributed by atoms with E-state index in [0.717, 1.165) is 12.0 Å². The molecule has 0 saturated carbocycles. The predicted molar refractivity (Wildman–Crippen MR) is 117 cm³/mol. The minimum atomic E-state index is -1.11. The van der Waals surface area contributed by atoms with Crippen LogP contribution in [-0.4, -0.2) is 36.0 Å². The number of carbonyl (C=O) groups is 3. The average molecular weight is 421 g/mol. The zero-order valence-electron chi connectivity index (χ0n) is 18.1. The van der Waals surface area contributed by atoms with Gasteiger partial charge in [0.15, 0.2) is 0 Å². The van der Waals surface area contributed by atoms with Gasteiger partial charge in [0, 0.05) is 25.0 Å². The minimum Gasteiger partial charge on any atom is -0.334 e. The van der Waals surface area contributed by atoms with Crippen LogP contribution in [0.4, 0.5) is 9.59 Å². The van der Waals surface area contributed by atoms with Crippen LogP contribution in [0.15, 0.2) is 48.5 Å². The van der Waals surface area contributed by atoms with Crippen LogP contribution in [0.2, 0.25) is 0 Å². The van der Waals surface area contributed by atoms with Gasteiger partial charge in [0.2, 0.25) is 0 Å². The molecule has 5 amide bonds. The molecule has 2 aliphatic heterocycles. The highest BCUT2D eigenvalue weighted by Crippen LogP contribution is 2.31. The summed E-state index contributed by atoms with van der Waals surface area (Å²) >= 11 is 0. The zero-order chi connectivity index (χ0) is 22.2. The van der Waals surface area contributed by atoms with Crippen LogP contribution in [0.3, 0.4) is 0 Å². The van der Waals surface area contributed by atoms with Crippen LogP contribution >= 0.6 is 0 Å². The highest BCUT2D eigenvalue weighted by molar-refractivity contribution is 6.07. The summed E-state index contributed by atoms with van der Waals surface area (Å²) in [6, 6.07) is 15.1. The highest BCUT2D eigenvalue weighted by Gasteiger charge is 2.43. The number of urea groups is 2. The lowest BCUT2D eigenvalue weighted by molar-refractivity contribution is -0.123. The number of nitrogens with one attached hydrogen (secondary N) is 3. The van der Waals surface area contributed by atoms with Gasteiger partial charge in [0.1, 0.15) is 5.54 Å². The van der Waals surface area contributed by atoms with Crippen molar-refractivity contribution in [3.05, 3.63) is 70.8 Å². The topological polar surface area (TPSA) is 90.5 Å². The number of fused-ring (bicyclic) bond motifs is 1. The van der Waals surface area contributed by atoms with Gasteiger partial charge in [-0.15, -0.1) is 0 Å². The Hall–Kier alpha value is -3.35. The van der Waals surface area contributed by atoms with Crippen LogP contribution < -0.4 is 16.0 Å². The Kier molecular flexibility index (Phi) is 5.21. The van der Waals surface area contributed by atoms with Crippen molar-refractivity contribution in [1.29, 1.82) is 0 Å². The third-order valence-electron chi connectivity index (χ3n) is 6.26. The fourth-order valence-corrected chi connectivity index (χ4v) is 4.50. The second-order valence-electron chi connectivity index (χ2n) is 9.10. The van der Waals surface area contributed by atoms with Gasteiger partial charge >= 0.3 is 12.1 Å². The normalized spacial score (nSPS) is 22.2. The van der Waals surface area contributed by atoms with Crippen LogP contribution in [0, 0.1) is 0 Å². The molecule has 0 radical (unpaired) electrons. The molecule has 0 bridgehead atoms. The molecule has 2 heterocycles. The van der Waals surface area contributed by atoms with E-state index in [4.69, 9.17) is 0 Å². The lowest BCUT2D eigenvalue weighted by Crippen LogP contribution is -2.45. The quantitative estimate of drug-likeness (QED) is 0.667. The minimum absolute atomic E-state index is 0.107. The predicted octanol–water partition coefficient (Wildman–Crippen LogP) is 2.79. The molecule has 1 atom stereocenters. The molecule has 0 aliphatic carbocycles. The molecule has 0 spiro atoms. The lowest BCUT2D eigenvalue weighted by atomic mass is 9.82. The molecular formula is C24H28N4O3. The second kappa shape index (κ2) is 7.72. The Balaban J connectivity index is 1.44. The number of benzene rings is 2. The van der Waals surface area contributed by atoms with Crippen molar-refractivity contribution in [2.75, 3.05) is 13.1 Å². The van der Waals surface area contributed by atoms with Crippen molar-refractivity contribution in [1.82, 2.24) is 20.9 Å². The summed E-state index contributed by atoms with van der Waals surface area (Å²) < 4.78 is 0. The van der Waals surface area contributed by atoms with Gasteiger partial charge in [-0.3, -0.25) is 10.1 Å². The molecule has 1 fully saturated rings. The molecule has 0 aromatic heterocycles. The number of amides is 5. The van der Waals surface area contributed by atoms with Crippen LogP contribution in [0.25, 0.3) is 0 Å². The molecule has 2 aromatic rings. The van der Waals surface area contributed by atoms with Crippen molar-refractivity contribution < 1.29 is 14.4 Å².